The maximum Gasteiger partial charge on any atom is 0.237 e. The minimum atomic E-state index is -0.409. The number of carbonyl (C=O) groups is 1. The first kappa shape index (κ1) is 17.5. The normalized spacial score (nSPS) is 13.8. The molecular formula is C17H28N2O2. The van der Waals surface area contributed by atoms with Gasteiger partial charge >= 0.3 is 0 Å². The molecule has 21 heavy (non-hydrogen) atoms. The van der Waals surface area contributed by atoms with Crippen LogP contribution in [0.3, 0.4) is 0 Å². The Bertz CT molecular complexity index is 429. The van der Waals surface area contributed by atoms with Gasteiger partial charge in [0.15, 0.2) is 0 Å². The van der Waals surface area contributed by atoms with Crippen LogP contribution in [0.4, 0.5) is 0 Å². The number of carbonyl (C=O) groups excluding carboxylic acids is 1. The zero-order chi connectivity index (χ0) is 15.8. The Morgan fingerprint density at radius 1 is 1.24 bits per heavy atom. The van der Waals surface area contributed by atoms with Crippen LogP contribution in [0.2, 0.25) is 0 Å². The molecule has 0 aliphatic heterocycles. The summed E-state index contributed by atoms with van der Waals surface area (Å²) in [6, 6.07) is 7.73. The summed E-state index contributed by atoms with van der Waals surface area (Å²) in [7, 11) is 1.66. The number of amides is 1. The second-order valence-corrected chi connectivity index (χ2v) is 6.03. The van der Waals surface area contributed by atoms with Gasteiger partial charge in [-0.05, 0) is 49.8 Å². The summed E-state index contributed by atoms with van der Waals surface area (Å²) < 4.78 is 5.13. The molecule has 0 aliphatic rings. The Morgan fingerprint density at radius 3 is 2.38 bits per heavy atom. The van der Waals surface area contributed by atoms with E-state index in [2.05, 4.69) is 31.3 Å². The Morgan fingerprint density at radius 2 is 1.86 bits per heavy atom. The number of nitrogens with two attached hydrogens (primary N) is 1. The third kappa shape index (κ3) is 6.63. The van der Waals surface area contributed by atoms with E-state index >= 15 is 0 Å². The van der Waals surface area contributed by atoms with Crippen molar-refractivity contribution in [2.75, 3.05) is 7.11 Å². The van der Waals surface area contributed by atoms with Gasteiger partial charge in [0.2, 0.25) is 5.91 Å². The van der Waals surface area contributed by atoms with Gasteiger partial charge in [-0.15, -0.1) is 0 Å². The van der Waals surface area contributed by atoms with Gasteiger partial charge in [-0.25, -0.2) is 0 Å². The SMILES string of the molecule is COc1ccc(CCC(C)NC(=O)[C@@H](N)CC(C)C)cc1. The first-order valence-electron chi connectivity index (χ1n) is 7.61. The van der Waals surface area contributed by atoms with E-state index in [1.165, 1.54) is 5.56 Å². The lowest BCUT2D eigenvalue weighted by atomic mass is 10.0. The number of hydrogen-bond donors (Lipinski definition) is 2. The number of benzene rings is 1. The maximum atomic E-state index is 11.9. The molecule has 1 aromatic carbocycles. The van der Waals surface area contributed by atoms with Crippen LogP contribution in [-0.4, -0.2) is 25.1 Å². The topological polar surface area (TPSA) is 64.3 Å². The summed E-state index contributed by atoms with van der Waals surface area (Å²) in [4.78, 5) is 11.9. The molecule has 0 spiro atoms. The molecule has 4 heteroatoms. The molecule has 0 aromatic heterocycles. The smallest absolute Gasteiger partial charge is 0.237 e. The highest BCUT2D eigenvalue weighted by molar-refractivity contribution is 5.81. The third-order valence-corrected chi connectivity index (χ3v) is 3.48. The van der Waals surface area contributed by atoms with Gasteiger partial charge in [-0.2, -0.15) is 0 Å². The lowest BCUT2D eigenvalue weighted by Gasteiger charge is -2.18. The van der Waals surface area contributed by atoms with Gasteiger partial charge in [0, 0.05) is 6.04 Å². The molecule has 4 nitrogen and oxygen atoms in total. The van der Waals surface area contributed by atoms with Crippen LogP contribution in [0.25, 0.3) is 0 Å². The van der Waals surface area contributed by atoms with Crippen molar-refractivity contribution in [3.8, 4) is 5.75 Å². The van der Waals surface area contributed by atoms with Crippen LogP contribution in [0.1, 0.15) is 39.2 Å². The molecule has 0 fully saturated rings. The number of nitrogens with one attached hydrogen (secondary N) is 1. The summed E-state index contributed by atoms with van der Waals surface area (Å²) in [5.74, 6) is 1.24. The van der Waals surface area contributed by atoms with Crippen molar-refractivity contribution in [1.82, 2.24) is 5.32 Å². The summed E-state index contributed by atoms with van der Waals surface area (Å²) >= 11 is 0. The van der Waals surface area contributed by atoms with E-state index in [9.17, 15) is 4.79 Å². The number of rotatable bonds is 8. The minimum Gasteiger partial charge on any atom is -0.497 e. The van der Waals surface area contributed by atoms with E-state index in [-0.39, 0.29) is 11.9 Å². The highest BCUT2D eigenvalue weighted by Gasteiger charge is 2.16. The fourth-order valence-electron chi connectivity index (χ4n) is 2.21. The maximum absolute atomic E-state index is 11.9. The second kappa shape index (κ2) is 8.67. The largest absolute Gasteiger partial charge is 0.497 e. The molecule has 1 unspecified atom stereocenters. The summed E-state index contributed by atoms with van der Waals surface area (Å²) in [5, 5.41) is 2.99. The molecule has 1 rings (SSSR count). The van der Waals surface area contributed by atoms with Crippen molar-refractivity contribution >= 4 is 5.91 Å². The van der Waals surface area contributed by atoms with Crippen LogP contribution < -0.4 is 15.8 Å². The molecule has 3 N–H and O–H groups in total. The molecule has 0 radical (unpaired) electrons. The van der Waals surface area contributed by atoms with Crippen molar-refractivity contribution in [3.63, 3.8) is 0 Å². The number of aryl methyl sites for hydroxylation is 1. The second-order valence-electron chi connectivity index (χ2n) is 6.03. The quantitative estimate of drug-likeness (QED) is 0.774. The average Bonchev–Trinajstić information content (AvgIpc) is 2.44. The predicted molar refractivity (Wildman–Crippen MR) is 86.4 cm³/mol. The first-order valence-corrected chi connectivity index (χ1v) is 7.61. The van der Waals surface area contributed by atoms with E-state index in [4.69, 9.17) is 10.5 Å². The van der Waals surface area contributed by atoms with Gasteiger partial charge in [-0.3, -0.25) is 4.79 Å². The summed E-state index contributed by atoms with van der Waals surface area (Å²) in [6.45, 7) is 6.16. The molecular weight excluding hydrogens is 264 g/mol. The van der Waals surface area contributed by atoms with Crippen LogP contribution in [-0.2, 0) is 11.2 Å². The number of hydrogen-bond acceptors (Lipinski definition) is 3. The molecule has 0 saturated heterocycles. The van der Waals surface area contributed by atoms with Gasteiger partial charge in [-0.1, -0.05) is 26.0 Å². The van der Waals surface area contributed by atoms with Gasteiger partial charge in [0.25, 0.3) is 0 Å². The molecule has 1 aromatic rings. The van der Waals surface area contributed by atoms with Gasteiger partial charge in [0.05, 0.1) is 13.2 Å². The van der Waals surface area contributed by atoms with Gasteiger partial charge < -0.3 is 15.8 Å². The van der Waals surface area contributed by atoms with Crippen molar-refractivity contribution in [3.05, 3.63) is 29.8 Å². The first-order chi connectivity index (χ1) is 9.92. The Labute approximate surface area is 128 Å². The zero-order valence-corrected chi connectivity index (χ0v) is 13.6. The predicted octanol–water partition coefficient (Wildman–Crippen LogP) is 2.51. The molecule has 118 valence electrons. The fourth-order valence-corrected chi connectivity index (χ4v) is 2.21. The highest BCUT2D eigenvalue weighted by Crippen LogP contribution is 2.13. The molecule has 0 saturated carbocycles. The summed E-state index contributed by atoms with van der Waals surface area (Å²) in [5.41, 5.74) is 7.12. The molecule has 0 aliphatic carbocycles. The van der Waals surface area contributed by atoms with Crippen LogP contribution >= 0.6 is 0 Å². The Hall–Kier alpha value is -1.55. The monoisotopic (exact) mass is 292 g/mol. The zero-order valence-electron chi connectivity index (χ0n) is 13.6. The van der Waals surface area contributed by atoms with Crippen molar-refractivity contribution in [2.24, 2.45) is 11.7 Å². The van der Waals surface area contributed by atoms with Gasteiger partial charge in [0.1, 0.15) is 5.75 Å². The van der Waals surface area contributed by atoms with Crippen molar-refractivity contribution in [2.45, 2.75) is 52.1 Å². The number of ether oxygens (including phenoxy) is 1. The number of methoxy groups -OCH3 is 1. The van der Waals surface area contributed by atoms with Crippen LogP contribution in [0.15, 0.2) is 24.3 Å². The molecule has 0 bridgehead atoms. The third-order valence-electron chi connectivity index (χ3n) is 3.48. The van der Waals surface area contributed by atoms with Crippen LogP contribution in [0.5, 0.6) is 5.75 Å². The Kier molecular flexibility index (Phi) is 7.23. The lowest BCUT2D eigenvalue weighted by molar-refractivity contribution is -0.123. The van der Waals surface area contributed by atoms with Crippen molar-refractivity contribution in [1.29, 1.82) is 0 Å². The Balaban J connectivity index is 2.35. The average molecular weight is 292 g/mol. The van der Waals surface area contributed by atoms with E-state index in [1.54, 1.807) is 7.11 Å². The lowest BCUT2D eigenvalue weighted by Crippen LogP contribution is -2.45. The van der Waals surface area contributed by atoms with E-state index in [0.717, 1.165) is 25.0 Å². The fraction of sp³-hybridized carbons (Fsp3) is 0.588. The van der Waals surface area contributed by atoms with Crippen molar-refractivity contribution < 1.29 is 9.53 Å². The van der Waals surface area contributed by atoms with E-state index < -0.39 is 6.04 Å². The molecule has 1 amide bonds. The van der Waals surface area contributed by atoms with E-state index in [0.29, 0.717) is 5.92 Å². The summed E-state index contributed by atoms with van der Waals surface area (Å²) in [6.07, 6.45) is 2.54. The molecule has 0 heterocycles. The highest BCUT2D eigenvalue weighted by atomic mass is 16.5. The molecule has 2 atom stereocenters. The van der Waals surface area contributed by atoms with Crippen LogP contribution in [0, 0.1) is 5.92 Å². The standard InChI is InChI=1S/C17H28N2O2/c1-12(2)11-16(18)17(20)19-13(3)5-6-14-7-9-15(21-4)10-8-14/h7-10,12-13,16H,5-6,11,18H2,1-4H3,(H,19,20)/t13?,16-/m0/s1. The van der Waals surface area contributed by atoms with E-state index in [1.807, 2.05) is 19.1 Å². The minimum absolute atomic E-state index is 0.0501.